The molecule has 1 aromatic carbocycles. The van der Waals surface area contributed by atoms with Gasteiger partial charge in [-0.3, -0.25) is 0 Å². The van der Waals surface area contributed by atoms with Gasteiger partial charge in [0.1, 0.15) is 0 Å². The molecule has 0 spiro atoms. The summed E-state index contributed by atoms with van der Waals surface area (Å²) >= 11 is 12.2. The van der Waals surface area contributed by atoms with Gasteiger partial charge in [-0.25, -0.2) is 0 Å². The summed E-state index contributed by atoms with van der Waals surface area (Å²) in [6.45, 7) is 15.8. The molecule has 1 fully saturated rings. The number of likely N-dealkylation sites (N-methyl/N-ethyl adjacent to an activating group) is 1. The van der Waals surface area contributed by atoms with Crippen molar-refractivity contribution in [1.29, 1.82) is 0 Å². The molecule has 0 radical (unpaired) electrons. The van der Waals surface area contributed by atoms with E-state index in [0.29, 0.717) is 16.1 Å². The van der Waals surface area contributed by atoms with Gasteiger partial charge in [0.25, 0.3) is 0 Å². The van der Waals surface area contributed by atoms with E-state index < -0.39 is 0 Å². The summed E-state index contributed by atoms with van der Waals surface area (Å²) in [6.07, 6.45) is 5.12. The second-order valence-corrected chi connectivity index (χ2v) is 7.25. The Hall–Kier alpha value is -0.480. The number of hydrogen-bond acceptors (Lipinski definition) is 3. The van der Waals surface area contributed by atoms with Gasteiger partial charge in [-0.05, 0) is 32.0 Å². The monoisotopic (exact) mass is 403 g/mol. The second-order valence-electron chi connectivity index (χ2n) is 6.47. The molecule has 5 heteroatoms. The Labute approximate surface area is 171 Å². The number of nitrogens with two attached hydrogens (primary N) is 1. The highest BCUT2D eigenvalue weighted by Crippen LogP contribution is 2.32. The number of halogens is 2. The Kier molecular flexibility index (Phi) is 15.3. The average molecular weight is 404 g/mol. The van der Waals surface area contributed by atoms with E-state index in [0.717, 1.165) is 38.4 Å². The number of nitrogens with zero attached hydrogens (tertiary/aromatic N) is 2. The maximum absolute atomic E-state index is 6.21. The first-order valence-electron chi connectivity index (χ1n) is 10.2. The molecule has 1 saturated heterocycles. The lowest BCUT2D eigenvalue weighted by Crippen LogP contribution is -2.46. The van der Waals surface area contributed by atoms with Crippen molar-refractivity contribution in [3.8, 4) is 0 Å². The van der Waals surface area contributed by atoms with E-state index in [1.54, 1.807) is 0 Å². The summed E-state index contributed by atoms with van der Waals surface area (Å²) in [5.41, 5.74) is 6.59. The minimum Gasteiger partial charge on any atom is -0.368 e. The van der Waals surface area contributed by atoms with Crippen LogP contribution < -0.4 is 10.6 Å². The van der Waals surface area contributed by atoms with Crippen LogP contribution in [0.1, 0.15) is 60.3 Å². The first kappa shape index (κ1) is 25.5. The van der Waals surface area contributed by atoms with Crippen LogP contribution in [0.2, 0.25) is 10.0 Å². The fourth-order valence-corrected chi connectivity index (χ4v) is 3.17. The molecule has 0 aromatic heterocycles. The van der Waals surface area contributed by atoms with Gasteiger partial charge in [-0.2, -0.15) is 0 Å². The van der Waals surface area contributed by atoms with Crippen LogP contribution in [0, 0.1) is 0 Å². The minimum absolute atomic E-state index is 0.404. The van der Waals surface area contributed by atoms with Gasteiger partial charge in [0.15, 0.2) is 0 Å². The van der Waals surface area contributed by atoms with E-state index in [1.165, 1.54) is 25.7 Å². The summed E-state index contributed by atoms with van der Waals surface area (Å²) in [4.78, 5) is 4.75. The lowest BCUT2D eigenvalue weighted by molar-refractivity contribution is 0.271. The van der Waals surface area contributed by atoms with Gasteiger partial charge < -0.3 is 15.5 Å². The molecule has 1 aromatic rings. The van der Waals surface area contributed by atoms with Crippen LogP contribution in [0.4, 0.5) is 5.69 Å². The predicted octanol–water partition coefficient (Wildman–Crippen LogP) is 6.08. The standard InChI is InChI=1S/C12H16Cl2N2.C7H17N.C2H6/c1-2-15-6-8-16(9-7-15)11-5-3-4-10(13)12(11)14;1-3-4-5-6-7(2)8;1-2/h3-5H,2,6-9H2,1H3;7H,3-6,8H2,1-2H3;1-2H3. The lowest BCUT2D eigenvalue weighted by Gasteiger charge is -2.36. The molecule has 1 atom stereocenters. The summed E-state index contributed by atoms with van der Waals surface area (Å²) in [5.74, 6) is 0. The van der Waals surface area contributed by atoms with E-state index in [4.69, 9.17) is 28.9 Å². The molecule has 0 amide bonds. The highest BCUT2D eigenvalue weighted by atomic mass is 35.5. The van der Waals surface area contributed by atoms with E-state index in [1.807, 2.05) is 32.0 Å². The van der Waals surface area contributed by atoms with Crippen LogP contribution in [-0.2, 0) is 0 Å². The fraction of sp³-hybridized carbons (Fsp3) is 0.714. The number of hydrogen-bond donors (Lipinski definition) is 1. The Morgan fingerprint density at radius 3 is 2.15 bits per heavy atom. The Morgan fingerprint density at radius 1 is 1.04 bits per heavy atom. The molecule has 3 nitrogen and oxygen atoms in total. The molecule has 1 aliphatic heterocycles. The summed E-state index contributed by atoms with van der Waals surface area (Å²) in [7, 11) is 0. The molecule has 152 valence electrons. The lowest BCUT2D eigenvalue weighted by atomic mass is 10.1. The van der Waals surface area contributed by atoms with E-state index in [9.17, 15) is 0 Å². The van der Waals surface area contributed by atoms with Crippen LogP contribution in [0.5, 0.6) is 0 Å². The van der Waals surface area contributed by atoms with Gasteiger partial charge in [0, 0.05) is 32.2 Å². The van der Waals surface area contributed by atoms with Crippen molar-refractivity contribution in [2.75, 3.05) is 37.6 Å². The van der Waals surface area contributed by atoms with Gasteiger partial charge in [-0.15, -0.1) is 0 Å². The highest BCUT2D eigenvalue weighted by Gasteiger charge is 2.18. The van der Waals surface area contributed by atoms with Crippen molar-refractivity contribution in [1.82, 2.24) is 4.90 Å². The SMILES string of the molecule is CC.CCCCCC(C)N.CCN1CCN(c2cccc(Cl)c2Cl)CC1. The van der Waals surface area contributed by atoms with Crippen LogP contribution in [-0.4, -0.2) is 43.7 Å². The van der Waals surface area contributed by atoms with Crippen LogP contribution in [0.3, 0.4) is 0 Å². The molecule has 0 saturated carbocycles. The van der Waals surface area contributed by atoms with Crippen molar-refractivity contribution in [2.24, 2.45) is 5.73 Å². The van der Waals surface area contributed by atoms with Crippen molar-refractivity contribution in [2.45, 2.75) is 66.3 Å². The molecule has 2 N–H and O–H groups in total. The molecule has 1 heterocycles. The van der Waals surface area contributed by atoms with Crippen molar-refractivity contribution >= 4 is 28.9 Å². The van der Waals surface area contributed by atoms with Gasteiger partial charge >= 0.3 is 0 Å². The topological polar surface area (TPSA) is 32.5 Å². The largest absolute Gasteiger partial charge is 0.368 e. The number of rotatable bonds is 6. The predicted molar refractivity (Wildman–Crippen MR) is 120 cm³/mol. The molecule has 1 unspecified atom stereocenters. The second kappa shape index (κ2) is 15.6. The molecule has 0 aliphatic carbocycles. The molecule has 26 heavy (non-hydrogen) atoms. The number of anilines is 1. The average Bonchev–Trinajstić information content (AvgIpc) is 2.66. The Bertz CT molecular complexity index is 459. The van der Waals surface area contributed by atoms with Crippen molar-refractivity contribution < 1.29 is 0 Å². The fourth-order valence-electron chi connectivity index (χ4n) is 2.76. The minimum atomic E-state index is 0.404. The zero-order valence-corrected chi connectivity index (χ0v) is 18.9. The third kappa shape index (κ3) is 10.0. The number of benzene rings is 1. The molecule has 2 rings (SSSR count). The first-order chi connectivity index (χ1) is 12.5. The third-order valence-electron chi connectivity index (χ3n) is 4.35. The smallest absolute Gasteiger partial charge is 0.0825 e. The molecule has 1 aliphatic rings. The summed E-state index contributed by atoms with van der Waals surface area (Å²) in [6, 6.07) is 6.22. The van der Waals surface area contributed by atoms with Crippen LogP contribution in [0.25, 0.3) is 0 Å². The molecular weight excluding hydrogens is 365 g/mol. The normalized spacial score (nSPS) is 15.5. The maximum Gasteiger partial charge on any atom is 0.0825 e. The Morgan fingerprint density at radius 2 is 1.65 bits per heavy atom. The Balaban J connectivity index is 0.000000533. The zero-order chi connectivity index (χ0) is 19.9. The van der Waals surface area contributed by atoms with Crippen molar-refractivity contribution in [3.63, 3.8) is 0 Å². The van der Waals surface area contributed by atoms with Crippen LogP contribution >= 0.6 is 23.2 Å². The number of unbranched alkanes of at least 4 members (excludes halogenated alkanes) is 2. The first-order valence-corrected chi connectivity index (χ1v) is 10.9. The van der Waals surface area contributed by atoms with Gasteiger partial charge in [0.2, 0.25) is 0 Å². The molecular formula is C21H39Cl2N3. The zero-order valence-electron chi connectivity index (χ0n) is 17.4. The van der Waals surface area contributed by atoms with Crippen molar-refractivity contribution in [3.05, 3.63) is 28.2 Å². The van der Waals surface area contributed by atoms with E-state index in [-0.39, 0.29) is 0 Å². The van der Waals surface area contributed by atoms with Gasteiger partial charge in [0.05, 0.1) is 15.7 Å². The quantitative estimate of drug-likeness (QED) is 0.584. The van der Waals surface area contributed by atoms with Crippen LogP contribution in [0.15, 0.2) is 18.2 Å². The highest BCUT2D eigenvalue weighted by molar-refractivity contribution is 6.43. The maximum atomic E-state index is 6.21. The summed E-state index contributed by atoms with van der Waals surface area (Å²) < 4.78 is 0. The summed E-state index contributed by atoms with van der Waals surface area (Å²) in [5, 5.41) is 1.31. The van der Waals surface area contributed by atoms with Gasteiger partial charge in [-0.1, -0.05) is 76.2 Å². The van der Waals surface area contributed by atoms with E-state index >= 15 is 0 Å². The number of piperazine rings is 1. The third-order valence-corrected chi connectivity index (χ3v) is 5.16. The molecule has 0 bridgehead atoms. The van der Waals surface area contributed by atoms with E-state index in [2.05, 4.69) is 30.6 Å².